The quantitative estimate of drug-likeness (QED) is 0.189. The molecule has 39 heavy (non-hydrogen) atoms. The summed E-state index contributed by atoms with van der Waals surface area (Å²) in [4.78, 5) is 29.9. The molecule has 0 saturated heterocycles. The number of amides is 1. The SMILES string of the molecule is C[C@H](CNCCC(=O)N(CCNCCc1ccc(O)c2[nH]c(=O)ccc12)C1CCCCCC1)c1ccccc1. The first-order valence-electron chi connectivity index (χ1n) is 14.6. The molecule has 1 heterocycles. The predicted molar refractivity (Wildman–Crippen MR) is 158 cm³/mol. The molecule has 1 saturated carbocycles. The number of aromatic nitrogens is 1. The second-order valence-electron chi connectivity index (χ2n) is 10.9. The van der Waals surface area contributed by atoms with E-state index in [1.807, 2.05) is 12.1 Å². The molecule has 3 aromatic rings. The summed E-state index contributed by atoms with van der Waals surface area (Å²) in [7, 11) is 0. The highest BCUT2D eigenvalue weighted by molar-refractivity contribution is 5.87. The van der Waals surface area contributed by atoms with E-state index < -0.39 is 0 Å². The molecule has 1 aromatic heterocycles. The zero-order valence-electron chi connectivity index (χ0n) is 23.3. The number of pyridine rings is 1. The number of carbonyl (C=O) groups is 1. The molecule has 4 N–H and O–H groups in total. The van der Waals surface area contributed by atoms with Gasteiger partial charge in [-0.3, -0.25) is 9.59 Å². The number of aromatic amines is 1. The van der Waals surface area contributed by atoms with Crippen LogP contribution in [0.3, 0.4) is 0 Å². The zero-order valence-corrected chi connectivity index (χ0v) is 23.3. The minimum Gasteiger partial charge on any atom is -0.506 e. The van der Waals surface area contributed by atoms with Crippen molar-refractivity contribution in [1.29, 1.82) is 0 Å². The van der Waals surface area contributed by atoms with Crippen molar-refractivity contribution in [3.05, 3.63) is 76.1 Å². The van der Waals surface area contributed by atoms with Gasteiger partial charge < -0.3 is 25.6 Å². The number of phenols is 1. The average molecular weight is 533 g/mol. The Hall–Kier alpha value is -3.16. The molecule has 7 nitrogen and oxygen atoms in total. The highest BCUT2D eigenvalue weighted by Gasteiger charge is 2.24. The number of fused-ring (bicyclic) bond motifs is 1. The molecule has 1 aliphatic carbocycles. The van der Waals surface area contributed by atoms with Crippen molar-refractivity contribution in [2.45, 2.75) is 70.3 Å². The summed E-state index contributed by atoms with van der Waals surface area (Å²) in [5.41, 5.74) is 2.64. The molecule has 1 amide bonds. The molecule has 0 radical (unpaired) electrons. The van der Waals surface area contributed by atoms with E-state index in [0.717, 1.165) is 49.8 Å². The molecule has 210 valence electrons. The lowest BCUT2D eigenvalue weighted by Crippen LogP contribution is -2.45. The molecule has 0 unspecified atom stereocenters. The van der Waals surface area contributed by atoms with Crippen LogP contribution in [0.15, 0.2) is 59.4 Å². The summed E-state index contributed by atoms with van der Waals surface area (Å²) in [5.74, 6) is 0.743. The fourth-order valence-corrected chi connectivity index (χ4v) is 5.70. The standard InChI is InChI=1S/C32H44N4O3/c1-24(25-9-5-4-6-10-25)23-34-20-18-31(39)36(27-11-7-2-3-8-12-27)22-21-33-19-17-26-13-15-29(37)32-28(26)14-16-30(38)35-32/h4-6,9-10,13-16,24,27,33-34,37H,2-3,7-8,11-12,17-23H2,1H3,(H,35,38)/t24-/m1/s1. The number of hydrogen-bond donors (Lipinski definition) is 4. The van der Waals surface area contributed by atoms with E-state index in [1.165, 1.54) is 37.3 Å². The van der Waals surface area contributed by atoms with Gasteiger partial charge in [0.15, 0.2) is 0 Å². The fraction of sp³-hybridized carbons (Fsp3) is 0.500. The van der Waals surface area contributed by atoms with Crippen molar-refractivity contribution in [1.82, 2.24) is 20.5 Å². The number of rotatable bonds is 13. The van der Waals surface area contributed by atoms with Gasteiger partial charge in [0, 0.05) is 50.1 Å². The summed E-state index contributed by atoms with van der Waals surface area (Å²) < 4.78 is 0. The summed E-state index contributed by atoms with van der Waals surface area (Å²) in [5, 5.41) is 18.0. The topological polar surface area (TPSA) is 97.5 Å². The highest BCUT2D eigenvalue weighted by Crippen LogP contribution is 2.25. The first kappa shape index (κ1) is 28.8. The fourth-order valence-electron chi connectivity index (χ4n) is 5.70. The maximum Gasteiger partial charge on any atom is 0.248 e. The van der Waals surface area contributed by atoms with Crippen molar-refractivity contribution in [2.75, 3.05) is 32.7 Å². The Morgan fingerprint density at radius 2 is 1.74 bits per heavy atom. The number of H-pyrrole nitrogens is 1. The minimum absolute atomic E-state index is 0.0842. The molecule has 7 heteroatoms. The molecule has 4 rings (SSSR count). The Kier molecular flexibility index (Phi) is 11.0. The number of hydrogen-bond acceptors (Lipinski definition) is 5. The second kappa shape index (κ2) is 14.8. The van der Waals surface area contributed by atoms with E-state index >= 15 is 0 Å². The smallest absolute Gasteiger partial charge is 0.248 e. The molecular formula is C32H44N4O3. The van der Waals surface area contributed by atoms with Crippen LogP contribution < -0.4 is 16.2 Å². The van der Waals surface area contributed by atoms with Crippen molar-refractivity contribution >= 4 is 16.8 Å². The van der Waals surface area contributed by atoms with Crippen molar-refractivity contribution < 1.29 is 9.90 Å². The lowest BCUT2D eigenvalue weighted by molar-refractivity contribution is -0.133. The third kappa shape index (κ3) is 8.41. The Balaban J connectivity index is 1.26. The van der Waals surface area contributed by atoms with Crippen LogP contribution >= 0.6 is 0 Å². The van der Waals surface area contributed by atoms with Crippen LogP contribution in [0.5, 0.6) is 5.75 Å². The van der Waals surface area contributed by atoms with Gasteiger partial charge in [-0.1, -0.05) is 69.0 Å². The maximum atomic E-state index is 13.4. The molecule has 1 fully saturated rings. The second-order valence-corrected chi connectivity index (χ2v) is 10.9. The van der Waals surface area contributed by atoms with Crippen LogP contribution in [-0.4, -0.2) is 59.7 Å². The van der Waals surface area contributed by atoms with Gasteiger partial charge in [-0.05, 0) is 55.0 Å². The molecule has 0 bridgehead atoms. The zero-order chi connectivity index (χ0) is 27.5. The number of phenolic OH excluding ortho intramolecular Hbond substituents is 1. The first-order valence-corrected chi connectivity index (χ1v) is 14.6. The van der Waals surface area contributed by atoms with Crippen molar-refractivity contribution in [2.24, 2.45) is 0 Å². The highest BCUT2D eigenvalue weighted by atomic mass is 16.3. The van der Waals surface area contributed by atoms with E-state index in [2.05, 4.69) is 51.7 Å². The van der Waals surface area contributed by atoms with Gasteiger partial charge in [0.05, 0.1) is 5.52 Å². The van der Waals surface area contributed by atoms with E-state index in [1.54, 1.807) is 12.1 Å². The molecular weight excluding hydrogens is 488 g/mol. The third-order valence-corrected chi connectivity index (χ3v) is 7.98. The van der Waals surface area contributed by atoms with Gasteiger partial charge in [-0.25, -0.2) is 0 Å². The van der Waals surface area contributed by atoms with Crippen LogP contribution in [0.4, 0.5) is 0 Å². The molecule has 0 spiro atoms. The van der Waals surface area contributed by atoms with Gasteiger partial charge in [0.25, 0.3) is 0 Å². The lowest BCUT2D eigenvalue weighted by atomic mass is 10.0. The Morgan fingerprint density at radius 3 is 2.51 bits per heavy atom. The van der Waals surface area contributed by atoms with Gasteiger partial charge in [-0.2, -0.15) is 0 Å². The molecule has 1 atom stereocenters. The predicted octanol–water partition coefficient (Wildman–Crippen LogP) is 4.70. The Labute approximate surface area is 232 Å². The number of aromatic hydroxyl groups is 1. The third-order valence-electron chi connectivity index (χ3n) is 7.98. The number of nitrogens with one attached hydrogen (secondary N) is 3. The van der Waals surface area contributed by atoms with E-state index in [9.17, 15) is 14.7 Å². The summed E-state index contributed by atoms with van der Waals surface area (Å²) in [6, 6.07) is 17.6. The molecule has 0 aliphatic heterocycles. The number of benzene rings is 2. The Bertz CT molecular complexity index is 1240. The van der Waals surface area contributed by atoms with Crippen molar-refractivity contribution in [3.8, 4) is 5.75 Å². The first-order chi connectivity index (χ1) is 19.0. The van der Waals surface area contributed by atoms with Crippen LogP contribution in [-0.2, 0) is 11.2 Å². The van der Waals surface area contributed by atoms with Gasteiger partial charge >= 0.3 is 0 Å². The molecule has 1 aliphatic rings. The van der Waals surface area contributed by atoms with Crippen LogP contribution in [0.2, 0.25) is 0 Å². The molecule has 2 aromatic carbocycles. The van der Waals surface area contributed by atoms with Crippen LogP contribution in [0.1, 0.15) is 68.9 Å². The Morgan fingerprint density at radius 1 is 0.974 bits per heavy atom. The normalized spacial score (nSPS) is 15.2. The van der Waals surface area contributed by atoms with Gasteiger partial charge in [-0.15, -0.1) is 0 Å². The number of nitrogens with zero attached hydrogens (tertiary/aromatic N) is 1. The summed E-state index contributed by atoms with van der Waals surface area (Å²) >= 11 is 0. The average Bonchev–Trinajstić information content (AvgIpc) is 3.24. The monoisotopic (exact) mass is 532 g/mol. The van der Waals surface area contributed by atoms with Crippen molar-refractivity contribution in [3.63, 3.8) is 0 Å². The minimum atomic E-state index is -0.225. The van der Waals surface area contributed by atoms with E-state index in [4.69, 9.17) is 0 Å². The van der Waals surface area contributed by atoms with Gasteiger partial charge in [0.2, 0.25) is 11.5 Å². The van der Waals surface area contributed by atoms with E-state index in [0.29, 0.717) is 37.0 Å². The van der Waals surface area contributed by atoms with Gasteiger partial charge in [0.1, 0.15) is 5.75 Å². The summed E-state index contributed by atoms with van der Waals surface area (Å²) in [6.07, 6.45) is 8.42. The van der Waals surface area contributed by atoms with Crippen LogP contribution in [0, 0.1) is 0 Å². The lowest BCUT2D eigenvalue weighted by Gasteiger charge is -2.32. The summed E-state index contributed by atoms with van der Waals surface area (Å²) in [6.45, 7) is 5.99. The largest absolute Gasteiger partial charge is 0.506 e. The maximum absolute atomic E-state index is 13.4. The van der Waals surface area contributed by atoms with Crippen LogP contribution in [0.25, 0.3) is 10.9 Å². The van der Waals surface area contributed by atoms with E-state index in [-0.39, 0.29) is 17.2 Å². The number of carbonyl (C=O) groups excluding carboxylic acids is 1.